The Bertz CT molecular complexity index is 1570. The molecule has 5 rings (SSSR count). The Balaban J connectivity index is 1.28. The largest absolute Gasteiger partial charge is 0.349 e. The Kier molecular flexibility index (Phi) is 8.03. The summed E-state index contributed by atoms with van der Waals surface area (Å²) in [6, 6.07) is 12.8. The fourth-order valence-electron chi connectivity index (χ4n) is 5.43. The van der Waals surface area contributed by atoms with Crippen LogP contribution in [0, 0.1) is 12.8 Å². The number of aromatic nitrogens is 4. The average Bonchev–Trinajstić information content (AvgIpc) is 3.20. The van der Waals surface area contributed by atoms with Crippen LogP contribution in [0.2, 0.25) is 5.02 Å². The number of carbonyl (C=O) groups is 1. The Morgan fingerprint density at radius 3 is 2.48 bits per heavy atom. The van der Waals surface area contributed by atoms with Crippen molar-refractivity contribution < 1.29 is 13.6 Å². The van der Waals surface area contributed by atoms with Gasteiger partial charge in [-0.05, 0) is 82.2 Å². The first-order valence-electron chi connectivity index (χ1n) is 13.6. The molecule has 1 amide bonds. The summed E-state index contributed by atoms with van der Waals surface area (Å²) in [6.45, 7) is 3.26. The maximum atomic E-state index is 13.7. The summed E-state index contributed by atoms with van der Waals surface area (Å²) in [5.41, 5.74) is 3.74. The van der Waals surface area contributed by atoms with E-state index >= 15 is 0 Å². The SMILES string of the molecule is Cc1ncc(Cl)cc1C(=O)NC1CCC(Cn2c(=O)n(-c3ccc(CCC(C)(F)F)nc3)c3ccccc32)CC1. The lowest BCUT2D eigenvalue weighted by Crippen LogP contribution is -2.39. The summed E-state index contributed by atoms with van der Waals surface area (Å²) in [5.74, 6) is -2.63. The van der Waals surface area contributed by atoms with Crippen LogP contribution in [0.5, 0.6) is 0 Å². The van der Waals surface area contributed by atoms with Crippen molar-refractivity contribution in [2.45, 2.75) is 70.9 Å². The molecule has 0 bridgehead atoms. The molecule has 3 aromatic heterocycles. The summed E-state index contributed by atoms with van der Waals surface area (Å²) in [4.78, 5) is 35.0. The van der Waals surface area contributed by atoms with Crippen LogP contribution >= 0.6 is 11.6 Å². The van der Waals surface area contributed by atoms with Crippen molar-refractivity contribution in [2.24, 2.45) is 5.92 Å². The summed E-state index contributed by atoms with van der Waals surface area (Å²) >= 11 is 6.03. The fourth-order valence-corrected chi connectivity index (χ4v) is 5.58. The molecule has 1 aliphatic rings. The van der Waals surface area contributed by atoms with Gasteiger partial charge in [0.05, 0.1) is 39.2 Å². The lowest BCUT2D eigenvalue weighted by molar-refractivity contribution is 0.0130. The van der Waals surface area contributed by atoms with Crippen molar-refractivity contribution in [1.82, 2.24) is 24.4 Å². The van der Waals surface area contributed by atoms with E-state index in [1.165, 1.54) is 6.20 Å². The number of alkyl halides is 2. The molecule has 7 nitrogen and oxygen atoms in total. The molecule has 3 heterocycles. The van der Waals surface area contributed by atoms with Crippen LogP contribution < -0.4 is 11.0 Å². The van der Waals surface area contributed by atoms with E-state index in [9.17, 15) is 18.4 Å². The number of pyridine rings is 2. The summed E-state index contributed by atoms with van der Waals surface area (Å²) in [7, 11) is 0. The highest BCUT2D eigenvalue weighted by atomic mass is 35.5. The lowest BCUT2D eigenvalue weighted by Gasteiger charge is -2.29. The zero-order valence-corrected chi connectivity index (χ0v) is 23.3. The number of carbonyl (C=O) groups excluding carboxylic acids is 1. The Labute approximate surface area is 236 Å². The topological polar surface area (TPSA) is 81.8 Å². The summed E-state index contributed by atoms with van der Waals surface area (Å²) in [6.07, 6.45) is 6.38. The van der Waals surface area contributed by atoms with Gasteiger partial charge in [-0.2, -0.15) is 0 Å². The van der Waals surface area contributed by atoms with E-state index in [-0.39, 0.29) is 36.4 Å². The number of para-hydroxylation sites is 2. The maximum Gasteiger partial charge on any atom is 0.333 e. The molecule has 1 aromatic carbocycles. The molecule has 40 heavy (non-hydrogen) atoms. The highest BCUT2D eigenvalue weighted by Crippen LogP contribution is 2.28. The number of halogens is 3. The van der Waals surface area contributed by atoms with Crippen LogP contribution in [0.15, 0.2) is 59.7 Å². The Hall–Kier alpha value is -3.59. The van der Waals surface area contributed by atoms with Crippen LogP contribution in [0.25, 0.3) is 16.7 Å². The van der Waals surface area contributed by atoms with Gasteiger partial charge in [-0.15, -0.1) is 0 Å². The zero-order valence-electron chi connectivity index (χ0n) is 22.5. The second-order valence-electron chi connectivity index (χ2n) is 10.8. The number of fused-ring (bicyclic) bond motifs is 1. The van der Waals surface area contributed by atoms with Gasteiger partial charge in [0.2, 0.25) is 5.92 Å². The molecule has 1 saturated carbocycles. The third-order valence-corrected chi connectivity index (χ3v) is 7.85. The molecule has 4 aromatic rings. The number of aryl methyl sites for hydroxylation is 2. The first-order valence-corrected chi connectivity index (χ1v) is 13.9. The van der Waals surface area contributed by atoms with Crippen molar-refractivity contribution >= 4 is 28.5 Å². The first kappa shape index (κ1) is 28.0. The third-order valence-electron chi connectivity index (χ3n) is 7.64. The van der Waals surface area contributed by atoms with E-state index in [0.717, 1.165) is 43.6 Å². The number of nitrogens with one attached hydrogen (secondary N) is 1. The van der Waals surface area contributed by atoms with Gasteiger partial charge in [0.25, 0.3) is 5.91 Å². The van der Waals surface area contributed by atoms with E-state index in [0.29, 0.717) is 34.2 Å². The van der Waals surface area contributed by atoms with Gasteiger partial charge in [0, 0.05) is 30.9 Å². The molecular weight excluding hydrogens is 536 g/mol. The molecule has 0 spiro atoms. The molecule has 0 aliphatic heterocycles. The highest BCUT2D eigenvalue weighted by Gasteiger charge is 2.26. The number of nitrogens with zero attached hydrogens (tertiary/aromatic N) is 4. The van der Waals surface area contributed by atoms with Crippen molar-refractivity contribution in [1.29, 1.82) is 0 Å². The normalized spacial score (nSPS) is 17.7. The van der Waals surface area contributed by atoms with E-state index in [2.05, 4.69) is 15.3 Å². The third kappa shape index (κ3) is 6.25. The first-order chi connectivity index (χ1) is 19.1. The predicted octanol–water partition coefficient (Wildman–Crippen LogP) is 6.12. The Morgan fingerprint density at radius 1 is 1.07 bits per heavy atom. The molecule has 1 fully saturated rings. The molecule has 0 saturated heterocycles. The van der Waals surface area contributed by atoms with Crippen LogP contribution in [0.1, 0.15) is 60.8 Å². The molecule has 1 aliphatic carbocycles. The average molecular weight is 568 g/mol. The zero-order chi connectivity index (χ0) is 28.4. The number of benzene rings is 1. The van der Waals surface area contributed by atoms with Crippen LogP contribution in [-0.2, 0) is 13.0 Å². The monoisotopic (exact) mass is 567 g/mol. The van der Waals surface area contributed by atoms with Gasteiger partial charge in [-0.3, -0.25) is 23.9 Å². The van der Waals surface area contributed by atoms with Gasteiger partial charge in [-0.1, -0.05) is 23.7 Å². The minimum atomic E-state index is -2.75. The molecular formula is C30H32ClF2N5O2. The quantitative estimate of drug-likeness (QED) is 0.278. The van der Waals surface area contributed by atoms with Crippen LogP contribution in [0.4, 0.5) is 8.78 Å². The van der Waals surface area contributed by atoms with Crippen molar-refractivity contribution in [3.8, 4) is 5.69 Å². The number of hydrogen-bond donors (Lipinski definition) is 1. The number of hydrogen-bond acceptors (Lipinski definition) is 4. The van der Waals surface area contributed by atoms with E-state index in [1.807, 2.05) is 28.8 Å². The van der Waals surface area contributed by atoms with Gasteiger partial charge in [-0.25, -0.2) is 13.6 Å². The standard InChI is InChI=1S/C30H32ClF2N5O2/c1-19-25(15-21(31)16-34-19)28(39)36-23-9-7-20(8-10-23)18-37-26-5-3-4-6-27(26)38(29(37)40)24-12-11-22(35-17-24)13-14-30(2,32)33/h3-6,11-12,15-17,20,23H,7-10,13-14,18H2,1-2H3,(H,36,39). The number of rotatable bonds is 8. The molecule has 1 N–H and O–H groups in total. The maximum absolute atomic E-state index is 13.7. The minimum absolute atomic E-state index is 0.0532. The minimum Gasteiger partial charge on any atom is -0.349 e. The van der Waals surface area contributed by atoms with Crippen molar-refractivity contribution in [3.05, 3.63) is 87.3 Å². The lowest BCUT2D eigenvalue weighted by atomic mass is 9.85. The smallest absolute Gasteiger partial charge is 0.333 e. The molecule has 10 heteroatoms. The van der Waals surface area contributed by atoms with Crippen molar-refractivity contribution in [2.75, 3.05) is 0 Å². The molecule has 0 unspecified atom stereocenters. The van der Waals surface area contributed by atoms with Crippen molar-refractivity contribution in [3.63, 3.8) is 0 Å². The van der Waals surface area contributed by atoms with Crippen LogP contribution in [0.3, 0.4) is 0 Å². The van der Waals surface area contributed by atoms with Gasteiger partial charge >= 0.3 is 5.69 Å². The summed E-state index contributed by atoms with van der Waals surface area (Å²) < 4.78 is 29.9. The predicted molar refractivity (Wildman–Crippen MR) is 151 cm³/mol. The molecule has 0 radical (unpaired) electrons. The van der Waals surface area contributed by atoms with E-state index in [4.69, 9.17) is 11.6 Å². The van der Waals surface area contributed by atoms with Crippen LogP contribution in [-0.4, -0.2) is 37.0 Å². The Morgan fingerprint density at radius 2 is 1.80 bits per heavy atom. The second kappa shape index (κ2) is 11.5. The van der Waals surface area contributed by atoms with E-state index < -0.39 is 5.92 Å². The fraction of sp³-hybridized carbons (Fsp3) is 0.400. The number of amides is 1. The van der Waals surface area contributed by atoms with E-state index in [1.54, 1.807) is 35.9 Å². The van der Waals surface area contributed by atoms with Gasteiger partial charge in [0.15, 0.2) is 0 Å². The highest BCUT2D eigenvalue weighted by molar-refractivity contribution is 6.30. The van der Waals surface area contributed by atoms with Gasteiger partial charge in [0.1, 0.15) is 0 Å². The number of imidazole rings is 1. The second-order valence-corrected chi connectivity index (χ2v) is 11.2. The molecule has 0 atom stereocenters. The summed E-state index contributed by atoms with van der Waals surface area (Å²) in [5, 5.41) is 3.54. The van der Waals surface area contributed by atoms with Gasteiger partial charge < -0.3 is 5.32 Å². The molecule has 210 valence electrons.